The highest BCUT2D eigenvalue weighted by Gasteiger charge is 2.21. The number of carbonyl (C=O) groups excluding carboxylic acids is 2. The molecule has 2 amide bonds. The summed E-state index contributed by atoms with van der Waals surface area (Å²) in [6.45, 7) is 0.907. The Morgan fingerprint density at radius 2 is 1.83 bits per heavy atom. The molecule has 7 nitrogen and oxygen atoms in total. The number of rotatable bonds is 7. The van der Waals surface area contributed by atoms with E-state index in [0.29, 0.717) is 13.1 Å². The molecule has 1 aromatic carbocycles. The molecule has 1 N–H and O–H groups in total. The van der Waals surface area contributed by atoms with Crippen LogP contribution < -0.4 is 5.32 Å². The molecule has 30 heavy (non-hydrogen) atoms. The maximum atomic E-state index is 12.4. The van der Waals surface area contributed by atoms with Crippen LogP contribution in [-0.2, 0) is 16.1 Å². The van der Waals surface area contributed by atoms with Crippen LogP contribution in [0.5, 0.6) is 0 Å². The average molecular weight is 420 g/mol. The van der Waals surface area contributed by atoms with Gasteiger partial charge in [0.15, 0.2) is 0 Å². The van der Waals surface area contributed by atoms with Crippen LogP contribution in [0.1, 0.15) is 29.8 Å². The Morgan fingerprint density at radius 1 is 1.03 bits per heavy atom. The van der Waals surface area contributed by atoms with Crippen LogP contribution in [0.15, 0.2) is 65.3 Å². The van der Waals surface area contributed by atoms with Crippen molar-refractivity contribution in [3.63, 3.8) is 0 Å². The van der Waals surface area contributed by atoms with Gasteiger partial charge in [0.1, 0.15) is 5.01 Å². The van der Waals surface area contributed by atoms with Gasteiger partial charge in [-0.05, 0) is 17.7 Å². The van der Waals surface area contributed by atoms with Crippen molar-refractivity contribution in [3.05, 3.63) is 70.8 Å². The number of carbonyl (C=O) groups is 2. The Bertz CT molecular complexity index is 1050. The van der Waals surface area contributed by atoms with E-state index in [1.54, 1.807) is 12.4 Å². The molecule has 0 saturated heterocycles. The van der Waals surface area contributed by atoms with Crippen LogP contribution in [0.25, 0.3) is 11.3 Å². The molecular formula is C22H21N5O2S. The summed E-state index contributed by atoms with van der Waals surface area (Å²) in [4.78, 5) is 33.1. The molecule has 4 rings (SSSR count). The summed E-state index contributed by atoms with van der Waals surface area (Å²) >= 11 is 1.49. The summed E-state index contributed by atoms with van der Waals surface area (Å²) in [5.41, 5.74) is 3.79. The number of hydrogen-bond acceptors (Lipinski definition) is 6. The minimum Gasteiger partial charge on any atom is -0.350 e. The van der Waals surface area contributed by atoms with Crippen LogP contribution in [0.3, 0.4) is 0 Å². The highest BCUT2D eigenvalue weighted by molar-refractivity contribution is 7.09. The standard InChI is InChI=1S/C22H21N5O2S/c28-20(24-14-21-25-19(15-30-21)17-8-11-23-12-9-17)6-7-22(29)27-13-10-18(26-27)16-4-2-1-3-5-16/h1-5,8-9,11-12,15H,6-7,10,13-14H2,(H,24,28). The van der Waals surface area contributed by atoms with E-state index in [-0.39, 0.29) is 24.7 Å². The van der Waals surface area contributed by atoms with Crippen molar-refractivity contribution >= 4 is 28.9 Å². The first kappa shape index (κ1) is 19.9. The number of hydrogen-bond donors (Lipinski definition) is 1. The summed E-state index contributed by atoms with van der Waals surface area (Å²) in [5.74, 6) is -0.305. The van der Waals surface area contributed by atoms with Gasteiger partial charge in [0.25, 0.3) is 0 Å². The zero-order chi connectivity index (χ0) is 20.8. The topological polar surface area (TPSA) is 87.5 Å². The summed E-state index contributed by atoms with van der Waals surface area (Å²) in [7, 11) is 0. The molecule has 0 radical (unpaired) electrons. The predicted molar refractivity (Wildman–Crippen MR) is 116 cm³/mol. The summed E-state index contributed by atoms with van der Waals surface area (Å²) < 4.78 is 0. The summed E-state index contributed by atoms with van der Waals surface area (Å²) in [5, 5.41) is 11.5. The largest absolute Gasteiger partial charge is 0.350 e. The first-order chi connectivity index (χ1) is 14.7. The Morgan fingerprint density at radius 3 is 2.63 bits per heavy atom. The van der Waals surface area contributed by atoms with E-state index in [1.807, 2.05) is 47.8 Å². The second kappa shape index (κ2) is 9.41. The predicted octanol–water partition coefficient (Wildman–Crippen LogP) is 3.24. The molecule has 152 valence electrons. The van der Waals surface area contributed by atoms with Gasteiger partial charge in [0.05, 0.1) is 24.5 Å². The van der Waals surface area contributed by atoms with Crippen molar-refractivity contribution in [2.45, 2.75) is 25.8 Å². The molecule has 0 fully saturated rings. The number of hydrazone groups is 1. The Hall–Kier alpha value is -3.39. The third-order valence-electron chi connectivity index (χ3n) is 4.73. The minimum atomic E-state index is -0.171. The van der Waals surface area contributed by atoms with Crippen molar-refractivity contribution in [3.8, 4) is 11.3 Å². The van der Waals surface area contributed by atoms with Crippen molar-refractivity contribution < 1.29 is 9.59 Å². The van der Waals surface area contributed by atoms with E-state index in [4.69, 9.17) is 0 Å². The number of thiazole rings is 1. The minimum absolute atomic E-state index is 0.133. The van der Waals surface area contributed by atoms with Crippen LogP contribution >= 0.6 is 11.3 Å². The van der Waals surface area contributed by atoms with Gasteiger partial charge in [-0.3, -0.25) is 14.6 Å². The highest BCUT2D eigenvalue weighted by atomic mass is 32.1. The average Bonchev–Trinajstić information content (AvgIpc) is 3.47. The fraction of sp³-hybridized carbons (Fsp3) is 0.227. The normalized spacial score (nSPS) is 13.2. The number of amides is 2. The van der Waals surface area contributed by atoms with Gasteiger partial charge in [-0.2, -0.15) is 5.10 Å². The zero-order valence-corrected chi connectivity index (χ0v) is 17.1. The molecule has 0 bridgehead atoms. The number of nitrogens with one attached hydrogen (secondary N) is 1. The lowest BCUT2D eigenvalue weighted by atomic mass is 10.1. The molecule has 0 atom stereocenters. The van der Waals surface area contributed by atoms with Gasteiger partial charge in [0, 0.05) is 42.6 Å². The fourth-order valence-corrected chi connectivity index (χ4v) is 3.87. The molecule has 1 aliphatic rings. The van der Waals surface area contributed by atoms with Crippen molar-refractivity contribution in [1.29, 1.82) is 0 Å². The Kier molecular flexibility index (Phi) is 6.24. The first-order valence-corrected chi connectivity index (χ1v) is 10.6. The molecule has 3 heterocycles. The summed E-state index contributed by atoms with van der Waals surface area (Å²) in [6, 6.07) is 13.6. The van der Waals surface area contributed by atoms with E-state index in [2.05, 4.69) is 20.4 Å². The van der Waals surface area contributed by atoms with Crippen LogP contribution in [0.4, 0.5) is 0 Å². The van der Waals surface area contributed by atoms with E-state index < -0.39 is 0 Å². The van der Waals surface area contributed by atoms with Crippen molar-refractivity contribution in [2.24, 2.45) is 5.10 Å². The Labute approximate surface area is 178 Å². The third-order valence-corrected chi connectivity index (χ3v) is 5.58. The second-order valence-electron chi connectivity index (χ2n) is 6.82. The van der Waals surface area contributed by atoms with Gasteiger partial charge < -0.3 is 5.32 Å². The third kappa shape index (κ3) is 4.96. The SMILES string of the molecule is O=C(CCC(=O)N1CCC(c2ccccc2)=N1)NCc1nc(-c2ccncc2)cs1. The van der Waals surface area contributed by atoms with Gasteiger partial charge in [-0.25, -0.2) is 9.99 Å². The van der Waals surface area contributed by atoms with Gasteiger partial charge >= 0.3 is 0 Å². The van der Waals surface area contributed by atoms with Crippen LogP contribution in [-0.4, -0.2) is 39.0 Å². The van der Waals surface area contributed by atoms with Gasteiger partial charge in [0.2, 0.25) is 11.8 Å². The lowest BCUT2D eigenvalue weighted by molar-refractivity contribution is -0.133. The van der Waals surface area contributed by atoms with E-state index >= 15 is 0 Å². The maximum absolute atomic E-state index is 12.4. The zero-order valence-electron chi connectivity index (χ0n) is 16.3. The van der Waals surface area contributed by atoms with Crippen LogP contribution in [0, 0.1) is 0 Å². The summed E-state index contributed by atoms with van der Waals surface area (Å²) in [6.07, 6.45) is 4.44. The van der Waals surface area contributed by atoms with E-state index in [9.17, 15) is 9.59 Å². The van der Waals surface area contributed by atoms with Gasteiger partial charge in [-0.15, -0.1) is 11.3 Å². The number of nitrogens with zero attached hydrogens (tertiary/aromatic N) is 4. The quantitative estimate of drug-likeness (QED) is 0.637. The maximum Gasteiger partial charge on any atom is 0.243 e. The number of benzene rings is 1. The molecule has 0 spiro atoms. The first-order valence-electron chi connectivity index (χ1n) is 9.74. The van der Waals surface area contributed by atoms with Crippen molar-refractivity contribution in [2.75, 3.05) is 6.54 Å². The molecular weight excluding hydrogens is 398 g/mol. The molecule has 3 aromatic rings. The molecule has 0 unspecified atom stereocenters. The number of aromatic nitrogens is 2. The van der Waals surface area contributed by atoms with Gasteiger partial charge in [-0.1, -0.05) is 30.3 Å². The van der Waals surface area contributed by atoms with Crippen molar-refractivity contribution in [1.82, 2.24) is 20.3 Å². The second-order valence-corrected chi connectivity index (χ2v) is 7.76. The fourth-order valence-electron chi connectivity index (χ4n) is 3.13. The molecule has 8 heteroatoms. The smallest absolute Gasteiger partial charge is 0.243 e. The molecule has 0 aliphatic carbocycles. The molecule has 1 aliphatic heterocycles. The lowest BCUT2D eigenvalue weighted by Crippen LogP contribution is -2.27. The van der Waals surface area contributed by atoms with E-state index in [0.717, 1.165) is 34.0 Å². The monoisotopic (exact) mass is 419 g/mol. The number of pyridine rings is 1. The lowest BCUT2D eigenvalue weighted by Gasteiger charge is -2.11. The van der Waals surface area contributed by atoms with E-state index in [1.165, 1.54) is 16.3 Å². The highest BCUT2D eigenvalue weighted by Crippen LogP contribution is 2.21. The van der Waals surface area contributed by atoms with Crippen LogP contribution in [0.2, 0.25) is 0 Å². The Balaban J connectivity index is 1.23. The molecule has 2 aromatic heterocycles. The molecule has 0 saturated carbocycles.